The molecule has 1 fully saturated rings. The monoisotopic (exact) mass is 333 g/mol. The molecule has 1 aromatic carbocycles. The first-order chi connectivity index (χ1) is 10.7. The number of nitrogens with zero attached hydrogens (tertiary/aromatic N) is 1. The maximum Gasteiger partial charge on any atom is 0.408 e. The zero-order valence-corrected chi connectivity index (χ0v) is 14.6. The smallest absolute Gasteiger partial charge is 0.359 e. The van der Waals surface area contributed by atoms with Gasteiger partial charge in [-0.05, 0) is 62.3 Å². The molecule has 23 heavy (non-hydrogen) atoms. The lowest BCUT2D eigenvalue weighted by molar-refractivity contribution is -0.149. The van der Waals surface area contributed by atoms with Crippen LogP contribution in [0.2, 0.25) is 0 Å². The van der Waals surface area contributed by atoms with Crippen molar-refractivity contribution in [3.8, 4) is 0 Å². The highest BCUT2D eigenvalue weighted by atomic mass is 19.4. The molecule has 1 aliphatic rings. The van der Waals surface area contributed by atoms with Crippen LogP contribution in [0.25, 0.3) is 0 Å². The van der Waals surface area contributed by atoms with Crippen LogP contribution in [0.3, 0.4) is 0 Å². The SMILES string of the molecule is CC.CCC(N(CC1CC1)c1cc(C)c(C)c(F)c1)C(F)(F)F. The average molecular weight is 333 g/mol. The number of anilines is 1. The largest absolute Gasteiger partial charge is 0.408 e. The molecule has 0 amide bonds. The molecule has 2 rings (SSSR count). The van der Waals surface area contributed by atoms with Gasteiger partial charge in [-0.1, -0.05) is 20.8 Å². The van der Waals surface area contributed by atoms with Crippen molar-refractivity contribution in [3.05, 3.63) is 29.1 Å². The lowest BCUT2D eigenvalue weighted by atomic mass is 10.1. The molecular weight excluding hydrogens is 306 g/mol. The molecule has 0 heterocycles. The van der Waals surface area contributed by atoms with Gasteiger partial charge in [0, 0.05) is 12.2 Å². The van der Waals surface area contributed by atoms with E-state index in [9.17, 15) is 17.6 Å². The van der Waals surface area contributed by atoms with Gasteiger partial charge < -0.3 is 4.90 Å². The highest BCUT2D eigenvalue weighted by Crippen LogP contribution is 2.37. The molecule has 0 bridgehead atoms. The van der Waals surface area contributed by atoms with Crippen LogP contribution in [0.5, 0.6) is 0 Å². The Kier molecular flexibility index (Phi) is 6.90. The molecule has 1 nitrogen and oxygen atoms in total. The quantitative estimate of drug-likeness (QED) is 0.595. The fourth-order valence-corrected chi connectivity index (χ4v) is 2.58. The van der Waals surface area contributed by atoms with Crippen molar-refractivity contribution in [3.63, 3.8) is 0 Å². The second-order valence-electron chi connectivity index (χ2n) is 5.93. The maximum atomic E-state index is 13.9. The molecule has 1 aromatic rings. The molecule has 132 valence electrons. The van der Waals surface area contributed by atoms with Gasteiger partial charge in [0.05, 0.1) is 0 Å². The van der Waals surface area contributed by atoms with Crippen molar-refractivity contribution < 1.29 is 17.6 Å². The summed E-state index contributed by atoms with van der Waals surface area (Å²) in [5, 5.41) is 0. The number of hydrogen-bond donors (Lipinski definition) is 0. The van der Waals surface area contributed by atoms with Crippen LogP contribution < -0.4 is 4.90 Å². The van der Waals surface area contributed by atoms with E-state index in [0.29, 0.717) is 29.3 Å². The first kappa shape index (κ1) is 19.8. The zero-order valence-electron chi connectivity index (χ0n) is 14.6. The van der Waals surface area contributed by atoms with Crippen LogP contribution in [-0.2, 0) is 0 Å². The van der Waals surface area contributed by atoms with E-state index < -0.39 is 18.0 Å². The second kappa shape index (κ2) is 8.02. The molecule has 1 aliphatic carbocycles. The van der Waals surface area contributed by atoms with Gasteiger partial charge in [-0.2, -0.15) is 13.2 Å². The van der Waals surface area contributed by atoms with Gasteiger partial charge in [-0.15, -0.1) is 0 Å². The standard InChI is InChI=1S/C16H21F4N.C2H6/c1-4-15(16(18,19)20)21(9-12-5-6-12)13-7-10(2)11(3)14(17)8-13;1-2/h7-8,12,15H,4-6,9H2,1-3H3;1-2H3. The van der Waals surface area contributed by atoms with E-state index in [1.165, 1.54) is 17.9 Å². The summed E-state index contributed by atoms with van der Waals surface area (Å²) in [4.78, 5) is 1.34. The van der Waals surface area contributed by atoms with Gasteiger partial charge in [-0.3, -0.25) is 0 Å². The molecule has 1 unspecified atom stereocenters. The van der Waals surface area contributed by atoms with E-state index in [0.717, 1.165) is 12.8 Å². The zero-order chi connectivity index (χ0) is 17.8. The Morgan fingerprint density at radius 3 is 2.13 bits per heavy atom. The highest BCUT2D eigenvalue weighted by Gasteiger charge is 2.44. The van der Waals surface area contributed by atoms with Crippen molar-refractivity contribution in [1.82, 2.24) is 0 Å². The molecule has 0 aromatic heterocycles. The molecule has 0 N–H and O–H groups in total. The van der Waals surface area contributed by atoms with Crippen molar-refractivity contribution in [2.24, 2.45) is 5.92 Å². The van der Waals surface area contributed by atoms with E-state index >= 15 is 0 Å². The molecule has 5 heteroatoms. The van der Waals surface area contributed by atoms with Crippen LogP contribution >= 0.6 is 0 Å². The summed E-state index contributed by atoms with van der Waals surface area (Å²) >= 11 is 0. The van der Waals surface area contributed by atoms with Gasteiger partial charge in [0.25, 0.3) is 0 Å². The lowest BCUT2D eigenvalue weighted by Crippen LogP contribution is -2.46. The van der Waals surface area contributed by atoms with Crippen molar-refractivity contribution in [2.75, 3.05) is 11.4 Å². The minimum Gasteiger partial charge on any atom is -0.359 e. The Labute approximate surface area is 136 Å². The Bertz CT molecular complexity index is 483. The topological polar surface area (TPSA) is 3.24 Å². The number of halogens is 4. The van der Waals surface area contributed by atoms with E-state index in [4.69, 9.17) is 0 Å². The highest BCUT2D eigenvalue weighted by molar-refractivity contribution is 5.52. The Morgan fingerprint density at radius 1 is 1.17 bits per heavy atom. The predicted molar refractivity (Wildman–Crippen MR) is 87.4 cm³/mol. The summed E-state index contributed by atoms with van der Waals surface area (Å²) in [5.74, 6) is -0.145. The average Bonchev–Trinajstić information content (AvgIpc) is 3.28. The number of benzene rings is 1. The molecule has 0 spiro atoms. The Morgan fingerprint density at radius 2 is 1.74 bits per heavy atom. The minimum absolute atomic E-state index is 0.0369. The minimum atomic E-state index is -4.31. The number of alkyl halides is 3. The molecule has 1 atom stereocenters. The summed E-state index contributed by atoms with van der Waals surface area (Å²) in [5.41, 5.74) is 1.51. The maximum absolute atomic E-state index is 13.9. The molecule has 0 saturated heterocycles. The van der Waals surface area contributed by atoms with E-state index in [2.05, 4.69) is 0 Å². The van der Waals surface area contributed by atoms with E-state index in [-0.39, 0.29) is 6.42 Å². The summed E-state index contributed by atoms with van der Waals surface area (Å²) in [6.07, 6.45) is -2.43. The molecular formula is C18H27F4N. The van der Waals surface area contributed by atoms with E-state index in [1.807, 2.05) is 13.8 Å². The second-order valence-corrected chi connectivity index (χ2v) is 5.93. The number of rotatable bonds is 5. The Balaban J connectivity index is 0.00000127. The fraction of sp³-hybridized carbons (Fsp3) is 0.667. The van der Waals surface area contributed by atoms with Gasteiger partial charge in [0.15, 0.2) is 0 Å². The van der Waals surface area contributed by atoms with Crippen LogP contribution in [0.4, 0.5) is 23.2 Å². The third-order valence-electron chi connectivity index (χ3n) is 4.21. The normalized spacial score (nSPS) is 15.7. The summed E-state index contributed by atoms with van der Waals surface area (Å²) in [7, 11) is 0. The molecule has 0 radical (unpaired) electrons. The van der Waals surface area contributed by atoms with Gasteiger partial charge >= 0.3 is 6.18 Å². The Hall–Kier alpha value is -1.26. The summed E-state index contributed by atoms with van der Waals surface area (Å²) in [6, 6.07) is 1.34. The number of aryl methyl sites for hydroxylation is 1. The first-order valence-corrected chi connectivity index (χ1v) is 8.34. The predicted octanol–water partition coefficient (Wildman–Crippen LogP) is 6.03. The van der Waals surface area contributed by atoms with Gasteiger partial charge in [0.1, 0.15) is 11.9 Å². The van der Waals surface area contributed by atoms with Crippen LogP contribution in [0, 0.1) is 25.6 Å². The van der Waals surface area contributed by atoms with Gasteiger partial charge in [-0.25, -0.2) is 4.39 Å². The summed E-state index contributed by atoms with van der Waals surface area (Å²) in [6.45, 7) is 9.24. The molecule has 1 saturated carbocycles. The van der Waals surface area contributed by atoms with Crippen molar-refractivity contribution >= 4 is 5.69 Å². The van der Waals surface area contributed by atoms with Crippen LogP contribution in [0.1, 0.15) is 51.2 Å². The van der Waals surface area contributed by atoms with Crippen LogP contribution in [-0.4, -0.2) is 18.8 Å². The third kappa shape index (κ3) is 5.11. The fourth-order valence-electron chi connectivity index (χ4n) is 2.58. The van der Waals surface area contributed by atoms with Gasteiger partial charge in [0.2, 0.25) is 0 Å². The number of hydrogen-bond acceptors (Lipinski definition) is 1. The first-order valence-electron chi connectivity index (χ1n) is 8.34. The molecule has 0 aliphatic heterocycles. The van der Waals surface area contributed by atoms with Crippen molar-refractivity contribution in [2.45, 2.75) is 66.1 Å². The lowest BCUT2D eigenvalue weighted by Gasteiger charge is -2.35. The van der Waals surface area contributed by atoms with Crippen molar-refractivity contribution in [1.29, 1.82) is 0 Å². The van der Waals surface area contributed by atoms with Crippen LogP contribution in [0.15, 0.2) is 12.1 Å². The van der Waals surface area contributed by atoms with E-state index in [1.54, 1.807) is 19.9 Å². The third-order valence-corrected chi connectivity index (χ3v) is 4.21. The summed E-state index contributed by atoms with van der Waals surface area (Å²) < 4.78 is 53.7.